The topological polar surface area (TPSA) is 126 Å². The van der Waals surface area contributed by atoms with Gasteiger partial charge in [0.25, 0.3) is 5.56 Å². The number of aliphatic carboxylic acids is 1. The Bertz CT molecular complexity index is 1840. The summed E-state index contributed by atoms with van der Waals surface area (Å²) in [6.07, 6.45) is 10.3. The summed E-state index contributed by atoms with van der Waals surface area (Å²) in [7, 11) is 3.07. The van der Waals surface area contributed by atoms with Crippen molar-refractivity contribution in [1.29, 1.82) is 0 Å². The first kappa shape index (κ1) is 32.0. The highest BCUT2D eigenvalue weighted by Gasteiger charge is 2.16. The van der Waals surface area contributed by atoms with Gasteiger partial charge in [-0.05, 0) is 67.0 Å². The molecule has 4 aromatic rings. The third kappa shape index (κ3) is 7.70. The highest BCUT2D eigenvalue weighted by Crippen LogP contribution is 2.23. The van der Waals surface area contributed by atoms with Crippen LogP contribution in [0.25, 0.3) is 27.8 Å². The Kier molecular flexibility index (Phi) is 10.2. The molecule has 1 aliphatic rings. The van der Waals surface area contributed by atoms with E-state index in [1.807, 2.05) is 26.0 Å². The van der Waals surface area contributed by atoms with Crippen molar-refractivity contribution in [1.82, 2.24) is 24.5 Å². The summed E-state index contributed by atoms with van der Waals surface area (Å²) in [4.78, 5) is 29.4. The highest BCUT2D eigenvalue weighted by molar-refractivity contribution is 5.83. The number of carboxylic acids is 1. The van der Waals surface area contributed by atoms with Gasteiger partial charge < -0.3 is 15.0 Å². The molecular formula is C33H35FN6O4. The zero-order valence-electron chi connectivity index (χ0n) is 25.2. The Hall–Kier alpha value is -4.96. The predicted octanol–water partition coefficient (Wildman–Crippen LogP) is 5.72. The summed E-state index contributed by atoms with van der Waals surface area (Å²) in [6, 6.07) is 10.8. The van der Waals surface area contributed by atoms with Crippen molar-refractivity contribution in [2.24, 2.45) is 0 Å². The number of allylic oxidation sites excluding steroid dienone is 4. The van der Waals surface area contributed by atoms with Gasteiger partial charge in [0.1, 0.15) is 17.3 Å². The maximum absolute atomic E-state index is 13.6. The summed E-state index contributed by atoms with van der Waals surface area (Å²) in [5, 5.41) is 30.2. The van der Waals surface area contributed by atoms with E-state index in [9.17, 15) is 19.2 Å². The molecule has 0 saturated heterocycles. The van der Waals surface area contributed by atoms with Crippen LogP contribution in [0.4, 0.5) is 4.39 Å². The third-order valence-corrected chi connectivity index (χ3v) is 6.81. The standard InChI is InChI=1S/C31H29FN6O4.C2H6/c1-38(2,42)25-7-5-6-21(10-16-25)19-36-20-28(34-35-36)22-11-17-26-27(18-22)33-29(8-3-4-9-30(39)40)37(31(26)41)24-14-12-23(32)13-15-24;1-2/h5-6,10-18,20H,3-4,8-9,19H2,1-2H3,(H,39,40);1-2H3. The molecule has 0 fully saturated rings. The summed E-state index contributed by atoms with van der Waals surface area (Å²) in [5.41, 5.74) is 6.37. The van der Waals surface area contributed by atoms with E-state index in [0.29, 0.717) is 59.6 Å². The molecule has 0 unspecified atom stereocenters. The van der Waals surface area contributed by atoms with Crippen LogP contribution in [0.2, 0.25) is 0 Å². The van der Waals surface area contributed by atoms with Crippen LogP contribution >= 0.6 is 0 Å². The lowest BCUT2D eigenvalue weighted by molar-refractivity contribution is -0.796. The number of carboxylic acid groups (broad SMARTS) is 1. The van der Waals surface area contributed by atoms with Gasteiger partial charge in [0.15, 0.2) is 5.70 Å². The molecule has 1 N–H and O–H groups in total. The highest BCUT2D eigenvalue weighted by atomic mass is 19.1. The molecule has 1 aliphatic carbocycles. The van der Waals surface area contributed by atoms with Gasteiger partial charge in [-0.2, -0.15) is 0 Å². The second kappa shape index (κ2) is 14.0. The average molecular weight is 599 g/mol. The van der Waals surface area contributed by atoms with Gasteiger partial charge in [-0.1, -0.05) is 36.9 Å². The van der Waals surface area contributed by atoms with E-state index >= 15 is 0 Å². The summed E-state index contributed by atoms with van der Waals surface area (Å²) >= 11 is 0. The second-order valence-electron chi connectivity index (χ2n) is 10.4. The molecule has 0 aliphatic heterocycles. The fourth-order valence-electron chi connectivity index (χ4n) is 4.63. The normalized spacial score (nSPS) is 12.8. The summed E-state index contributed by atoms with van der Waals surface area (Å²) in [5.74, 6) is -0.848. The first-order valence-electron chi connectivity index (χ1n) is 14.4. The van der Waals surface area contributed by atoms with Crippen LogP contribution in [0.15, 0.2) is 94.8 Å². The van der Waals surface area contributed by atoms with Crippen molar-refractivity contribution in [3.05, 3.63) is 117 Å². The molecule has 2 heterocycles. The van der Waals surface area contributed by atoms with Crippen LogP contribution in [-0.2, 0) is 17.8 Å². The van der Waals surface area contributed by atoms with Crippen LogP contribution in [0.5, 0.6) is 0 Å². The van der Waals surface area contributed by atoms with Crippen LogP contribution in [-0.4, -0.2) is 54.4 Å². The Labute approximate surface area is 254 Å². The van der Waals surface area contributed by atoms with Gasteiger partial charge in [0, 0.05) is 24.5 Å². The third-order valence-electron chi connectivity index (χ3n) is 6.81. The first-order valence-corrected chi connectivity index (χ1v) is 14.4. The molecule has 228 valence electrons. The lowest BCUT2D eigenvalue weighted by Gasteiger charge is -2.32. The summed E-state index contributed by atoms with van der Waals surface area (Å²) in [6.45, 7) is 4.43. The molecule has 2 aromatic carbocycles. The number of aromatic nitrogens is 5. The minimum absolute atomic E-state index is 0.0185. The minimum Gasteiger partial charge on any atom is -0.627 e. The lowest BCUT2D eigenvalue weighted by atomic mass is 10.1. The number of unbranched alkanes of at least 4 members (excludes halogenated alkanes) is 1. The minimum atomic E-state index is -0.884. The molecular weight excluding hydrogens is 563 g/mol. The molecule has 0 amide bonds. The van der Waals surface area contributed by atoms with Gasteiger partial charge in [-0.25, -0.2) is 14.1 Å². The number of hydrogen-bond donors (Lipinski definition) is 1. The van der Waals surface area contributed by atoms with E-state index in [2.05, 4.69) is 16.0 Å². The molecule has 0 bridgehead atoms. The van der Waals surface area contributed by atoms with E-state index in [1.54, 1.807) is 41.2 Å². The van der Waals surface area contributed by atoms with Crippen molar-refractivity contribution < 1.29 is 18.9 Å². The number of quaternary nitrogens is 1. The number of aryl methyl sites for hydroxylation is 1. The van der Waals surface area contributed by atoms with Gasteiger partial charge in [-0.3, -0.25) is 14.2 Å². The van der Waals surface area contributed by atoms with Crippen LogP contribution < -0.4 is 5.56 Å². The smallest absolute Gasteiger partial charge is 0.303 e. The molecule has 0 saturated carbocycles. The zero-order valence-corrected chi connectivity index (χ0v) is 25.2. The molecule has 0 spiro atoms. The average Bonchev–Trinajstić information content (AvgIpc) is 3.32. The quantitative estimate of drug-likeness (QED) is 0.107. The van der Waals surface area contributed by atoms with E-state index in [1.165, 1.54) is 42.9 Å². The maximum Gasteiger partial charge on any atom is 0.303 e. The van der Waals surface area contributed by atoms with E-state index in [0.717, 1.165) is 11.1 Å². The first-order chi connectivity index (χ1) is 21.1. The lowest BCUT2D eigenvalue weighted by Crippen LogP contribution is -2.29. The molecule has 10 nitrogen and oxygen atoms in total. The SMILES string of the molecule is CC.C[N+](C)([O-])C1=C=CC=C(Cn2cc(-c3ccc4c(=O)n(-c5ccc(F)cc5)c(CCCCC(=O)O)nc4c3)nn2)C=C1. The molecule has 0 atom stereocenters. The molecule has 2 aromatic heterocycles. The fourth-order valence-corrected chi connectivity index (χ4v) is 4.63. The van der Waals surface area contributed by atoms with Gasteiger partial charge >= 0.3 is 5.97 Å². The number of hydroxylamine groups is 3. The zero-order chi connectivity index (χ0) is 31.9. The Balaban J connectivity index is 0.00000216. The number of benzene rings is 2. The van der Waals surface area contributed by atoms with Gasteiger partial charge in [0.2, 0.25) is 0 Å². The Morgan fingerprint density at radius 3 is 2.55 bits per heavy atom. The number of hydrogen-bond acceptors (Lipinski definition) is 6. The van der Waals surface area contributed by atoms with Crippen LogP contribution in [0.3, 0.4) is 0 Å². The van der Waals surface area contributed by atoms with Crippen LogP contribution in [0, 0.1) is 11.0 Å². The largest absolute Gasteiger partial charge is 0.627 e. The fraction of sp³-hybridized carbons (Fsp3) is 0.273. The van der Waals surface area contributed by atoms with Gasteiger partial charge in [0.05, 0.1) is 43.4 Å². The van der Waals surface area contributed by atoms with Crippen molar-refractivity contribution >= 4 is 16.9 Å². The number of rotatable bonds is 10. The number of likely N-dealkylation sites (N-methyl/N-ethyl adjacent to an activating group) is 1. The number of fused-ring (bicyclic) bond motifs is 1. The van der Waals surface area contributed by atoms with E-state index in [4.69, 9.17) is 10.1 Å². The second-order valence-corrected chi connectivity index (χ2v) is 10.4. The monoisotopic (exact) mass is 598 g/mol. The molecule has 5 rings (SSSR count). The van der Waals surface area contributed by atoms with E-state index in [-0.39, 0.29) is 12.0 Å². The van der Waals surface area contributed by atoms with Gasteiger partial charge in [-0.15, -0.1) is 5.10 Å². The predicted molar refractivity (Wildman–Crippen MR) is 167 cm³/mol. The van der Waals surface area contributed by atoms with Crippen molar-refractivity contribution in [3.8, 4) is 16.9 Å². The summed E-state index contributed by atoms with van der Waals surface area (Å²) < 4.78 is 16.1. The number of carbonyl (C=O) groups is 1. The Morgan fingerprint density at radius 1 is 1.09 bits per heavy atom. The molecule has 44 heavy (non-hydrogen) atoms. The molecule has 11 heteroatoms. The number of halogens is 1. The van der Waals surface area contributed by atoms with Crippen LogP contribution in [0.1, 0.15) is 38.9 Å². The van der Waals surface area contributed by atoms with E-state index < -0.39 is 16.4 Å². The molecule has 0 radical (unpaired) electrons. The van der Waals surface area contributed by atoms with Crippen molar-refractivity contribution in [2.45, 2.75) is 46.1 Å². The maximum atomic E-state index is 13.6. The number of nitrogens with zero attached hydrogens (tertiary/aromatic N) is 6. The Morgan fingerprint density at radius 2 is 1.84 bits per heavy atom. The van der Waals surface area contributed by atoms with Crippen molar-refractivity contribution in [2.75, 3.05) is 14.1 Å². The van der Waals surface area contributed by atoms with Crippen molar-refractivity contribution in [3.63, 3.8) is 0 Å².